The summed E-state index contributed by atoms with van der Waals surface area (Å²) >= 11 is 0. The molecule has 0 saturated carbocycles. The molecule has 0 heterocycles. The van der Waals surface area contributed by atoms with E-state index in [1.165, 1.54) is 0 Å². The molecule has 0 radical (unpaired) electrons. The Bertz CT molecular complexity index is 586. The lowest BCUT2D eigenvalue weighted by Crippen LogP contribution is -1.99. The molecule has 0 aromatic heterocycles. The van der Waals surface area contributed by atoms with Crippen LogP contribution >= 0.6 is 0 Å². The first-order valence-corrected chi connectivity index (χ1v) is 6.94. The molecule has 0 bridgehead atoms. The van der Waals surface area contributed by atoms with Crippen molar-refractivity contribution in [1.82, 2.24) is 0 Å². The predicted molar refractivity (Wildman–Crippen MR) is 83.6 cm³/mol. The topological polar surface area (TPSA) is 40.5 Å². The summed E-state index contributed by atoms with van der Waals surface area (Å²) < 4.78 is 0. The average molecular weight is 268 g/mol. The second kappa shape index (κ2) is 6.92. The fraction of sp³-hybridized carbons (Fsp3) is 0.222. The fourth-order valence-corrected chi connectivity index (χ4v) is 2.41. The largest absolute Gasteiger partial charge is 0.508 e. The van der Waals surface area contributed by atoms with E-state index in [4.69, 9.17) is 5.11 Å². The molecule has 2 rings (SSSR count). The maximum Gasteiger partial charge on any atom is 0.119 e. The summed E-state index contributed by atoms with van der Waals surface area (Å²) in [6, 6.07) is 13.7. The summed E-state index contributed by atoms with van der Waals surface area (Å²) in [5.41, 5.74) is 4.19. The predicted octanol–water partition coefficient (Wildman–Crippen LogP) is 3.66. The van der Waals surface area contributed by atoms with Crippen molar-refractivity contribution in [3.8, 4) is 5.75 Å². The van der Waals surface area contributed by atoms with Crippen molar-refractivity contribution in [1.29, 1.82) is 0 Å². The van der Waals surface area contributed by atoms with E-state index in [1.807, 2.05) is 24.3 Å². The van der Waals surface area contributed by atoms with Crippen molar-refractivity contribution in [2.75, 3.05) is 6.61 Å². The number of hydrogen-bond donors (Lipinski definition) is 2. The van der Waals surface area contributed by atoms with Gasteiger partial charge in [0.05, 0.1) is 0 Å². The Morgan fingerprint density at radius 2 is 1.70 bits per heavy atom. The summed E-state index contributed by atoms with van der Waals surface area (Å²) in [7, 11) is 0. The summed E-state index contributed by atoms with van der Waals surface area (Å²) in [6.45, 7) is 2.11. The number of benzene rings is 2. The van der Waals surface area contributed by atoms with Gasteiger partial charge < -0.3 is 10.2 Å². The third-order valence-corrected chi connectivity index (χ3v) is 3.41. The van der Waals surface area contributed by atoms with Crippen LogP contribution in [-0.2, 0) is 12.8 Å². The number of hydrogen-bond acceptors (Lipinski definition) is 2. The van der Waals surface area contributed by atoms with Crippen LogP contribution in [0.25, 0.3) is 12.2 Å². The van der Waals surface area contributed by atoms with Crippen molar-refractivity contribution < 1.29 is 10.2 Å². The van der Waals surface area contributed by atoms with E-state index in [2.05, 4.69) is 31.2 Å². The molecule has 0 unspecified atom stereocenters. The minimum Gasteiger partial charge on any atom is -0.508 e. The number of phenolic OH excluding ortho intramolecular Hbond substituents is 1. The smallest absolute Gasteiger partial charge is 0.119 e. The van der Waals surface area contributed by atoms with Crippen LogP contribution in [0.15, 0.2) is 42.5 Å². The van der Waals surface area contributed by atoms with Crippen molar-refractivity contribution in [3.05, 3.63) is 64.7 Å². The molecular weight excluding hydrogens is 248 g/mol. The first kappa shape index (κ1) is 14.4. The van der Waals surface area contributed by atoms with E-state index >= 15 is 0 Å². The lowest BCUT2D eigenvalue weighted by molar-refractivity contribution is 0.297. The van der Waals surface area contributed by atoms with Crippen LogP contribution in [0.3, 0.4) is 0 Å². The lowest BCUT2D eigenvalue weighted by Gasteiger charge is -2.12. The van der Waals surface area contributed by atoms with Gasteiger partial charge in [-0.25, -0.2) is 0 Å². The Hall–Kier alpha value is -2.06. The molecule has 2 heteroatoms. The highest BCUT2D eigenvalue weighted by molar-refractivity contribution is 5.72. The van der Waals surface area contributed by atoms with Crippen molar-refractivity contribution in [3.63, 3.8) is 0 Å². The second-order valence-corrected chi connectivity index (χ2v) is 4.70. The summed E-state index contributed by atoms with van der Waals surface area (Å²) in [4.78, 5) is 0. The van der Waals surface area contributed by atoms with Crippen LogP contribution in [0.4, 0.5) is 0 Å². The zero-order chi connectivity index (χ0) is 14.4. The van der Waals surface area contributed by atoms with Crippen molar-refractivity contribution in [2.24, 2.45) is 0 Å². The summed E-state index contributed by atoms with van der Waals surface area (Å²) in [6.07, 6.45) is 5.45. The zero-order valence-electron chi connectivity index (χ0n) is 11.7. The van der Waals surface area contributed by atoms with Gasteiger partial charge in [-0.05, 0) is 41.2 Å². The molecule has 0 aliphatic carbocycles. The van der Waals surface area contributed by atoms with Gasteiger partial charge in [0, 0.05) is 6.61 Å². The van der Waals surface area contributed by atoms with E-state index in [9.17, 15) is 5.11 Å². The van der Waals surface area contributed by atoms with Crippen LogP contribution in [0.5, 0.6) is 5.75 Å². The van der Waals surface area contributed by atoms with Gasteiger partial charge in [-0.1, -0.05) is 55.5 Å². The number of rotatable bonds is 5. The van der Waals surface area contributed by atoms with Gasteiger partial charge in [-0.3, -0.25) is 0 Å². The standard InChI is InChI=1S/C18H20O2/c1-2-16-15(9-8-14-6-4-3-5-7-14)10-11-18(20)17(16)12-13-19/h3-11,19-20H,2,12-13H2,1H3/b9-8+. The molecule has 2 nitrogen and oxygen atoms in total. The van der Waals surface area contributed by atoms with E-state index in [-0.39, 0.29) is 12.4 Å². The number of aromatic hydroxyl groups is 1. The first-order chi connectivity index (χ1) is 9.76. The van der Waals surface area contributed by atoms with Gasteiger partial charge in [0.1, 0.15) is 5.75 Å². The van der Waals surface area contributed by atoms with Gasteiger partial charge >= 0.3 is 0 Å². The Balaban J connectivity index is 2.37. The molecule has 0 aliphatic heterocycles. The molecule has 2 N–H and O–H groups in total. The second-order valence-electron chi connectivity index (χ2n) is 4.70. The molecule has 2 aromatic carbocycles. The lowest BCUT2D eigenvalue weighted by atomic mass is 9.95. The van der Waals surface area contributed by atoms with Gasteiger partial charge in [0.2, 0.25) is 0 Å². The van der Waals surface area contributed by atoms with E-state index in [0.29, 0.717) is 6.42 Å². The molecule has 20 heavy (non-hydrogen) atoms. The Labute approximate surface area is 120 Å². The first-order valence-electron chi connectivity index (χ1n) is 6.94. The molecule has 2 aromatic rings. The van der Waals surface area contributed by atoms with Gasteiger partial charge in [-0.15, -0.1) is 0 Å². The van der Waals surface area contributed by atoms with E-state index < -0.39 is 0 Å². The number of aliphatic hydroxyl groups excluding tert-OH is 1. The SMILES string of the molecule is CCc1c(/C=C/c2ccccc2)ccc(O)c1CCO. The molecule has 0 saturated heterocycles. The van der Waals surface area contributed by atoms with Crippen LogP contribution in [-0.4, -0.2) is 16.8 Å². The van der Waals surface area contributed by atoms with Crippen LogP contribution < -0.4 is 0 Å². The Morgan fingerprint density at radius 1 is 0.950 bits per heavy atom. The van der Waals surface area contributed by atoms with Gasteiger partial charge in [0.15, 0.2) is 0 Å². The third kappa shape index (κ3) is 3.28. The summed E-state index contributed by atoms with van der Waals surface area (Å²) in [5.74, 6) is 0.271. The maximum atomic E-state index is 9.93. The maximum absolute atomic E-state index is 9.93. The monoisotopic (exact) mass is 268 g/mol. The van der Waals surface area contributed by atoms with Crippen molar-refractivity contribution >= 4 is 12.2 Å². The summed E-state index contributed by atoms with van der Waals surface area (Å²) in [5, 5.41) is 19.1. The molecule has 104 valence electrons. The molecule has 0 spiro atoms. The molecule has 0 atom stereocenters. The number of phenols is 1. The fourth-order valence-electron chi connectivity index (χ4n) is 2.41. The highest BCUT2D eigenvalue weighted by Gasteiger charge is 2.09. The van der Waals surface area contributed by atoms with Gasteiger partial charge in [-0.2, -0.15) is 0 Å². The third-order valence-electron chi connectivity index (χ3n) is 3.41. The minimum atomic E-state index is 0.0480. The van der Waals surface area contributed by atoms with Gasteiger partial charge in [0.25, 0.3) is 0 Å². The highest BCUT2D eigenvalue weighted by Crippen LogP contribution is 2.27. The highest BCUT2D eigenvalue weighted by atomic mass is 16.3. The minimum absolute atomic E-state index is 0.0480. The average Bonchev–Trinajstić information content (AvgIpc) is 2.49. The Morgan fingerprint density at radius 3 is 2.35 bits per heavy atom. The molecular formula is C18H20O2. The van der Waals surface area contributed by atoms with Crippen LogP contribution in [0.2, 0.25) is 0 Å². The molecule has 0 aliphatic rings. The van der Waals surface area contributed by atoms with Crippen molar-refractivity contribution in [2.45, 2.75) is 19.8 Å². The quantitative estimate of drug-likeness (QED) is 0.812. The zero-order valence-corrected chi connectivity index (χ0v) is 11.7. The molecule has 0 amide bonds. The van der Waals surface area contributed by atoms with E-state index in [1.54, 1.807) is 6.07 Å². The van der Waals surface area contributed by atoms with E-state index in [0.717, 1.165) is 28.7 Å². The molecule has 0 fully saturated rings. The Kier molecular flexibility index (Phi) is 4.97. The normalized spacial score (nSPS) is 11.1. The van der Waals surface area contributed by atoms with Crippen LogP contribution in [0.1, 0.15) is 29.2 Å². The van der Waals surface area contributed by atoms with Crippen LogP contribution in [0, 0.1) is 0 Å². The number of aliphatic hydroxyl groups is 1.